The monoisotopic (exact) mass is 518 g/mol. The van der Waals surface area contributed by atoms with E-state index in [2.05, 4.69) is 19.2 Å². The number of carboxylic acids is 1. The number of nitrogens with one attached hydrogen (secondary N) is 1. The molecule has 0 bridgehead atoms. The Hall–Kier alpha value is -3.94. The van der Waals surface area contributed by atoms with Gasteiger partial charge in [-0.25, -0.2) is 4.98 Å². The second-order valence-electron chi connectivity index (χ2n) is 10.5. The molecule has 1 aliphatic carbocycles. The Morgan fingerprint density at radius 2 is 1.79 bits per heavy atom. The summed E-state index contributed by atoms with van der Waals surface area (Å²) in [4.78, 5) is 18.1. The normalized spacial score (nSPS) is 19.5. The maximum Gasteiger partial charge on any atom is 0.308 e. The van der Waals surface area contributed by atoms with Gasteiger partial charge >= 0.3 is 5.97 Å². The van der Waals surface area contributed by atoms with E-state index in [4.69, 9.17) is 23.9 Å². The molecule has 2 N–H and O–H groups in total. The van der Waals surface area contributed by atoms with E-state index < -0.39 is 23.7 Å². The van der Waals surface area contributed by atoms with Crippen LogP contribution in [0.3, 0.4) is 0 Å². The van der Waals surface area contributed by atoms with Crippen molar-refractivity contribution < 1.29 is 28.8 Å². The lowest BCUT2D eigenvalue weighted by atomic mass is 9.79. The molecule has 2 heterocycles. The standard InChI is InChI=1S/C30H34N2O6/c1-16(2)14-36-23-13-19(35-5)7-8-20(23)27-28(30(33)34)26(18-6-10-22-24(12-18)38-15-37-22)21-9-11-25(31-17(3)4)32-29(21)27/h6-13,16-17,26-28H,14-15H2,1-5H3,(H,31,32)(H,33,34)/t26-,27-,28+/m0/s1. The summed E-state index contributed by atoms with van der Waals surface area (Å²) >= 11 is 0. The highest BCUT2D eigenvalue weighted by Crippen LogP contribution is 2.55. The van der Waals surface area contributed by atoms with E-state index in [-0.39, 0.29) is 12.8 Å². The van der Waals surface area contributed by atoms with Crippen molar-refractivity contribution in [3.63, 3.8) is 0 Å². The number of aliphatic carboxylic acids is 1. The number of hydrogen-bond donors (Lipinski definition) is 2. The van der Waals surface area contributed by atoms with E-state index in [1.807, 2.05) is 62.4 Å². The van der Waals surface area contributed by atoms with E-state index >= 15 is 0 Å². The Bertz CT molecular complexity index is 1340. The highest BCUT2D eigenvalue weighted by molar-refractivity contribution is 5.78. The smallest absolute Gasteiger partial charge is 0.308 e. The summed E-state index contributed by atoms with van der Waals surface area (Å²) in [7, 11) is 1.60. The minimum absolute atomic E-state index is 0.152. The van der Waals surface area contributed by atoms with Gasteiger partial charge in [0.05, 0.1) is 25.3 Å². The van der Waals surface area contributed by atoms with Crippen molar-refractivity contribution in [2.45, 2.75) is 45.6 Å². The third kappa shape index (κ3) is 4.83. The summed E-state index contributed by atoms with van der Waals surface area (Å²) in [6.45, 7) is 8.88. The quantitative estimate of drug-likeness (QED) is 0.375. The Balaban J connectivity index is 1.69. The van der Waals surface area contributed by atoms with Gasteiger partial charge in [-0.05, 0) is 55.2 Å². The van der Waals surface area contributed by atoms with Gasteiger partial charge in [0, 0.05) is 29.5 Å². The van der Waals surface area contributed by atoms with Crippen LogP contribution in [0, 0.1) is 11.8 Å². The molecule has 2 aromatic carbocycles. The van der Waals surface area contributed by atoms with Gasteiger partial charge in [0.15, 0.2) is 11.5 Å². The number of methoxy groups -OCH3 is 1. The molecule has 0 saturated carbocycles. The number of fused-ring (bicyclic) bond motifs is 2. The van der Waals surface area contributed by atoms with Crippen LogP contribution < -0.4 is 24.3 Å². The number of hydrogen-bond acceptors (Lipinski definition) is 7. The molecule has 1 aliphatic heterocycles. The number of rotatable bonds is 9. The van der Waals surface area contributed by atoms with Crippen LogP contribution in [0.5, 0.6) is 23.0 Å². The van der Waals surface area contributed by atoms with Crippen molar-refractivity contribution in [3.05, 3.63) is 70.9 Å². The van der Waals surface area contributed by atoms with Crippen LogP contribution >= 0.6 is 0 Å². The van der Waals surface area contributed by atoms with Crippen LogP contribution in [-0.4, -0.2) is 42.6 Å². The third-order valence-corrected chi connectivity index (χ3v) is 6.91. The molecular formula is C30H34N2O6. The summed E-state index contributed by atoms with van der Waals surface area (Å²) in [5, 5.41) is 14.1. The minimum atomic E-state index is -0.903. The van der Waals surface area contributed by atoms with E-state index in [1.165, 1.54) is 0 Å². The van der Waals surface area contributed by atoms with Gasteiger partial charge in [0.25, 0.3) is 0 Å². The molecule has 0 saturated heterocycles. The Morgan fingerprint density at radius 1 is 1.03 bits per heavy atom. The number of anilines is 1. The Kier molecular flexibility index (Phi) is 7.06. The van der Waals surface area contributed by atoms with Gasteiger partial charge in [-0.1, -0.05) is 32.0 Å². The summed E-state index contributed by atoms with van der Waals surface area (Å²) in [6, 6.07) is 15.3. The number of carbonyl (C=O) groups is 1. The van der Waals surface area contributed by atoms with E-state index in [9.17, 15) is 9.90 Å². The lowest BCUT2D eigenvalue weighted by Gasteiger charge is -2.24. The number of carboxylic acid groups (broad SMARTS) is 1. The number of nitrogens with zero attached hydrogens (tertiary/aromatic N) is 1. The van der Waals surface area contributed by atoms with Gasteiger partial charge in [0.1, 0.15) is 17.3 Å². The molecule has 5 rings (SSSR count). The molecule has 8 heteroatoms. The molecule has 3 aromatic rings. The molecular weight excluding hydrogens is 484 g/mol. The molecule has 0 spiro atoms. The molecule has 3 atom stereocenters. The predicted molar refractivity (Wildman–Crippen MR) is 144 cm³/mol. The first-order valence-electron chi connectivity index (χ1n) is 13.0. The molecule has 38 heavy (non-hydrogen) atoms. The highest BCUT2D eigenvalue weighted by atomic mass is 16.7. The lowest BCUT2D eigenvalue weighted by molar-refractivity contribution is -0.142. The summed E-state index contributed by atoms with van der Waals surface area (Å²) in [6.07, 6.45) is 0. The van der Waals surface area contributed by atoms with Crippen LogP contribution in [0.2, 0.25) is 0 Å². The molecule has 8 nitrogen and oxygen atoms in total. The number of pyridine rings is 1. The van der Waals surface area contributed by atoms with Crippen molar-refractivity contribution >= 4 is 11.8 Å². The molecule has 200 valence electrons. The predicted octanol–water partition coefficient (Wildman–Crippen LogP) is 5.65. The third-order valence-electron chi connectivity index (χ3n) is 6.91. The Labute approximate surface area is 222 Å². The van der Waals surface area contributed by atoms with Gasteiger partial charge < -0.3 is 29.4 Å². The molecule has 2 aliphatic rings. The van der Waals surface area contributed by atoms with Crippen molar-refractivity contribution in [3.8, 4) is 23.0 Å². The second-order valence-corrected chi connectivity index (χ2v) is 10.5. The zero-order chi connectivity index (χ0) is 27.0. The van der Waals surface area contributed by atoms with E-state index in [0.717, 1.165) is 22.4 Å². The SMILES string of the molecule is COc1ccc([C@@H]2c3nc(NC(C)C)ccc3[C@H](c3ccc4c(c3)OCO4)[C@H]2C(=O)O)c(OCC(C)C)c1. The molecule has 1 aromatic heterocycles. The van der Waals surface area contributed by atoms with Gasteiger partial charge in [-0.2, -0.15) is 0 Å². The molecule has 0 unspecified atom stereocenters. The summed E-state index contributed by atoms with van der Waals surface area (Å²) in [5.74, 6) is 0.824. The first-order chi connectivity index (χ1) is 18.3. The van der Waals surface area contributed by atoms with Crippen molar-refractivity contribution in [2.75, 3.05) is 25.8 Å². The van der Waals surface area contributed by atoms with Gasteiger partial charge in [-0.3, -0.25) is 4.79 Å². The molecule has 0 amide bonds. The fraction of sp³-hybridized carbons (Fsp3) is 0.400. The maximum atomic E-state index is 13.1. The first kappa shape index (κ1) is 25.7. The molecule has 0 radical (unpaired) electrons. The zero-order valence-corrected chi connectivity index (χ0v) is 22.4. The van der Waals surface area contributed by atoms with Crippen molar-refractivity contribution in [1.82, 2.24) is 4.98 Å². The van der Waals surface area contributed by atoms with E-state index in [0.29, 0.717) is 41.3 Å². The van der Waals surface area contributed by atoms with Crippen molar-refractivity contribution in [1.29, 1.82) is 0 Å². The highest BCUT2D eigenvalue weighted by Gasteiger charge is 2.49. The zero-order valence-electron chi connectivity index (χ0n) is 22.4. The van der Waals surface area contributed by atoms with Crippen LogP contribution in [0.25, 0.3) is 0 Å². The van der Waals surface area contributed by atoms with Crippen LogP contribution in [0.4, 0.5) is 5.82 Å². The second kappa shape index (κ2) is 10.4. The average molecular weight is 519 g/mol. The average Bonchev–Trinajstić information content (AvgIpc) is 3.48. The van der Waals surface area contributed by atoms with Crippen molar-refractivity contribution in [2.24, 2.45) is 11.8 Å². The van der Waals surface area contributed by atoms with Crippen LogP contribution in [0.1, 0.15) is 61.9 Å². The summed E-state index contributed by atoms with van der Waals surface area (Å²) in [5.41, 5.74) is 3.22. The fourth-order valence-corrected chi connectivity index (χ4v) is 5.33. The lowest BCUT2D eigenvalue weighted by Crippen LogP contribution is -2.24. The molecule has 0 fully saturated rings. The Morgan fingerprint density at radius 3 is 2.50 bits per heavy atom. The number of ether oxygens (including phenoxy) is 4. The summed E-state index contributed by atoms with van der Waals surface area (Å²) < 4.78 is 22.8. The first-order valence-corrected chi connectivity index (χ1v) is 13.0. The van der Waals surface area contributed by atoms with Gasteiger partial charge in [-0.15, -0.1) is 0 Å². The van der Waals surface area contributed by atoms with Gasteiger partial charge in [0.2, 0.25) is 6.79 Å². The maximum absolute atomic E-state index is 13.1. The minimum Gasteiger partial charge on any atom is -0.497 e. The number of aromatic nitrogens is 1. The fourth-order valence-electron chi connectivity index (χ4n) is 5.33. The largest absolute Gasteiger partial charge is 0.497 e. The van der Waals surface area contributed by atoms with E-state index in [1.54, 1.807) is 7.11 Å². The van der Waals surface area contributed by atoms with Crippen LogP contribution in [-0.2, 0) is 4.79 Å². The van der Waals surface area contributed by atoms with Crippen LogP contribution in [0.15, 0.2) is 48.5 Å². The topological polar surface area (TPSA) is 99.1 Å². The number of benzene rings is 2.